The van der Waals surface area contributed by atoms with E-state index in [9.17, 15) is 4.79 Å². The van der Waals surface area contributed by atoms with Crippen LogP contribution in [0, 0.1) is 0 Å². The Labute approximate surface area is 180 Å². The van der Waals surface area contributed by atoms with Crippen LogP contribution in [0.15, 0.2) is 63.7 Å². The Hall–Kier alpha value is -3.68. The molecule has 0 spiro atoms. The number of hydrogen-bond donors (Lipinski definition) is 1. The number of carbonyl (C=O) groups is 1. The average Bonchev–Trinajstić information content (AvgIpc) is 3.48. The molecule has 0 saturated carbocycles. The zero-order valence-electron chi connectivity index (χ0n) is 17.8. The molecule has 3 heterocycles. The van der Waals surface area contributed by atoms with E-state index in [-0.39, 0.29) is 17.7 Å². The molecule has 0 radical (unpaired) electrons. The molecule has 0 atom stereocenters. The maximum Gasteiger partial charge on any atom is 0.238 e. The Morgan fingerprint density at radius 1 is 1.13 bits per heavy atom. The van der Waals surface area contributed by atoms with E-state index in [1.807, 2.05) is 41.1 Å². The number of rotatable bonds is 7. The van der Waals surface area contributed by atoms with E-state index >= 15 is 0 Å². The molecule has 8 heteroatoms. The third-order valence-corrected chi connectivity index (χ3v) is 4.77. The minimum Gasteiger partial charge on any atom is -0.461 e. The van der Waals surface area contributed by atoms with Gasteiger partial charge in [0.1, 0.15) is 5.82 Å². The van der Waals surface area contributed by atoms with Gasteiger partial charge in [-0.3, -0.25) is 4.79 Å². The smallest absolute Gasteiger partial charge is 0.238 e. The fraction of sp³-hybridized carbons (Fsp3) is 0.304. The minimum absolute atomic E-state index is 0.132. The summed E-state index contributed by atoms with van der Waals surface area (Å²) >= 11 is 0. The topological polar surface area (TPSA) is 99.0 Å². The van der Waals surface area contributed by atoms with Gasteiger partial charge in [0.2, 0.25) is 17.6 Å². The molecule has 3 aromatic heterocycles. The van der Waals surface area contributed by atoms with E-state index in [1.54, 1.807) is 18.4 Å². The maximum absolute atomic E-state index is 12.6. The molecule has 4 rings (SSSR count). The van der Waals surface area contributed by atoms with Crippen LogP contribution in [0.2, 0.25) is 0 Å². The molecule has 8 nitrogen and oxygen atoms in total. The Balaban J connectivity index is 1.43. The van der Waals surface area contributed by atoms with Gasteiger partial charge in [0.05, 0.1) is 18.5 Å². The second-order valence-corrected chi connectivity index (χ2v) is 8.35. The molecule has 4 aromatic rings. The molecule has 0 fully saturated rings. The number of amides is 1. The predicted octanol–water partition coefficient (Wildman–Crippen LogP) is 4.44. The van der Waals surface area contributed by atoms with Gasteiger partial charge in [0, 0.05) is 24.3 Å². The van der Waals surface area contributed by atoms with Crippen LogP contribution < -0.4 is 5.32 Å². The van der Waals surface area contributed by atoms with Crippen molar-refractivity contribution >= 4 is 11.7 Å². The highest BCUT2D eigenvalue weighted by molar-refractivity contribution is 5.90. The maximum atomic E-state index is 12.6. The van der Waals surface area contributed by atoms with Crippen LogP contribution in [0.4, 0.5) is 5.82 Å². The van der Waals surface area contributed by atoms with Crippen molar-refractivity contribution in [2.75, 3.05) is 5.32 Å². The molecular weight excluding hydrogens is 394 g/mol. The van der Waals surface area contributed by atoms with Gasteiger partial charge in [-0.05, 0) is 17.7 Å². The highest BCUT2D eigenvalue weighted by Gasteiger charge is 2.21. The van der Waals surface area contributed by atoms with Crippen molar-refractivity contribution in [3.8, 4) is 11.6 Å². The number of anilines is 1. The molecule has 31 heavy (non-hydrogen) atoms. The minimum atomic E-state index is -0.146. The third kappa shape index (κ3) is 5.09. The number of nitrogens with zero attached hydrogens (tertiary/aromatic N) is 4. The number of hydrogen-bond acceptors (Lipinski definition) is 6. The fourth-order valence-corrected chi connectivity index (χ4v) is 3.05. The van der Waals surface area contributed by atoms with Crippen molar-refractivity contribution in [1.82, 2.24) is 19.9 Å². The number of aryl methyl sites for hydroxylation is 1. The first kappa shape index (κ1) is 20.6. The first-order chi connectivity index (χ1) is 14.9. The highest BCUT2D eigenvalue weighted by atomic mass is 16.5. The predicted molar refractivity (Wildman–Crippen MR) is 115 cm³/mol. The quantitative estimate of drug-likeness (QED) is 0.475. The van der Waals surface area contributed by atoms with E-state index in [1.165, 1.54) is 0 Å². The number of benzene rings is 1. The summed E-state index contributed by atoms with van der Waals surface area (Å²) in [6.45, 7) is 6.86. The number of furan rings is 1. The molecule has 0 aliphatic rings. The summed E-state index contributed by atoms with van der Waals surface area (Å²) in [7, 11) is 0. The molecule has 1 N–H and O–H groups in total. The first-order valence-corrected chi connectivity index (χ1v) is 10.2. The van der Waals surface area contributed by atoms with Crippen LogP contribution in [-0.4, -0.2) is 25.8 Å². The molecule has 160 valence electrons. The molecule has 0 unspecified atom stereocenters. The summed E-state index contributed by atoms with van der Waals surface area (Å²) in [5.41, 5.74) is 1.89. The Bertz CT molecular complexity index is 1140. The Morgan fingerprint density at radius 3 is 2.65 bits per heavy atom. The van der Waals surface area contributed by atoms with Crippen LogP contribution >= 0.6 is 0 Å². The van der Waals surface area contributed by atoms with Gasteiger partial charge in [-0.25, -0.2) is 4.68 Å². The molecule has 1 aromatic carbocycles. The van der Waals surface area contributed by atoms with Crippen LogP contribution in [0.1, 0.15) is 44.3 Å². The third-order valence-electron chi connectivity index (χ3n) is 4.77. The lowest BCUT2D eigenvalue weighted by Crippen LogP contribution is -2.16. The average molecular weight is 419 g/mol. The van der Waals surface area contributed by atoms with E-state index in [4.69, 9.17) is 14.0 Å². The van der Waals surface area contributed by atoms with E-state index in [2.05, 4.69) is 36.2 Å². The summed E-state index contributed by atoms with van der Waals surface area (Å²) in [6.07, 6.45) is 2.09. The van der Waals surface area contributed by atoms with Crippen LogP contribution in [-0.2, 0) is 23.2 Å². The summed E-state index contributed by atoms with van der Waals surface area (Å²) in [5.74, 6) is 1.80. The van der Waals surface area contributed by atoms with Crippen LogP contribution in [0.3, 0.4) is 0 Å². The second-order valence-electron chi connectivity index (χ2n) is 8.35. The van der Waals surface area contributed by atoms with Gasteiger partial charge in [-0.2, -0.15) is 10.1 Å². The molecule has 0 aliphatic heterocycles. The number of nitrogens with one attached hydrogen (secondary N) is 1. The highest BCUT2D eigenvalue weighted by Crippen LogP contribution is 2.25. The van der Waals surface area contributed by atoms with Crippen molar-refractivity contribution in [1.29, 1.82) is 0 Å². The molecule has 1 amide bonds. The molecule has 0 aliphatic carbocycles. The standard InChI is InChI=1S/C23H25N5O3/c1-23(2,3)18-14-19(28(26-18)15-16-8-5-4-6-9-16)24-20(29)11-12-21-25-22(27-31-21)17-10-7-13-30-17/h4-10,13-14H,11-12,15H2,1-3H3,(H,24,29). The van der Waals surface area contributed by atoms with E-state index in [0.717, 1.165) is 11.3 Å². The van der Waals surface area contributed by atoms with Crippen LogP contribution in [0.5, 0.6) is 0 Å². The molecule has 0 bridgehead atoms. The first-order valence-electron chi connectivity index (χ1n) is 10.2. The van der Waals surface area contributed by atoms with Gasteiger partial charge in [0.15, 0.2) is 5.76 Å². The molecular formula is C23H25N5O3. The normalized spacial score (nSPS) is 11.6. The number of carbonyl (C=O) groups excluding carboxylic acids is 1. The van der Waals surface area contributed by atoms with Crippen molar-refractivity contribution < 1.29 is 13.7 Å². The lowest BCUT2D eigenvalue weighted by atomic mass is 9.92. The second kappa shape index (κ2) is 8.59. The number of aromatic nitrogens is 4. The zero-order chi connectivity index (χ0) is 21.8. The largest absolute Gasteiger partial charge is 0.461 e. The lowest BCUT2D eigenvalue weighted by Gasteiger charge is -2.14. The van der Waals surface area contributed by atoms with Gasteiger partial charge >= 0.3 is 0 Å². The SMILES string of the molecule is CC(C)(C)c1cc(NC(=O)CCc2nc(-c3ccco3)no2)n(Cc2ccccc2)n1. The fourth-order valence-electron chi connectivity index (χ4n) is 3.05. The van der Waals surface area contributed by atoms with E-state index < -0.39 is 0 Å². The lowest BCUT2D eigenvalue weighted by molar-refractivity contribution is -0.116. The zero-order valence-corrected chi connectivity index (χ0v) is 17.8. The Morgan fingerprint density at radius 2 is 1.94 bits per heavy atom. The summed E-state index contributed by atoms with van der Waals surface area (Å²) in [5, 5.41) is 11.6. The Kier molecular flexibility index (Phi) is 5.70. The van der Waals surface area contributed by atoms with Crippen molar-refractivity contribution in [2.45, 2.75) is 45.6 Å². The summed E-state index contributed by atoms with van der Waals surface area (Å²) in [6, 6.07) is 15.5. The van der Waals surface area contributed by atoms with Gasteiger partial charge in [-0.15, -0.1) is 0 Å². The van der Waals surface area contributed by atoms with Gasteiger partial charge in [0.25, 0.3) is 0 Å². The summed E-state index contributed by atoms with van der Waals surface area (Å²) in [4.78, 5) is 16.9. The summed E-state index contributed by atoms with van der Waals surface area (Å²) < 4.78 is 12.3. The van der Waals surface area contributed by atoms with Crippen LogP contribution in [0.25, 0.3) is 11.6 Å². The van der Waals surface area contributed by atoms with Gasteiger partial charge in [-0.1, -0.05) is 56.3 Å². The van der Waals surface area contributed by atoms with Crippen molar-refractivity contribution in [3.63, 3.8) is 0 Å². The van der Waals surface area contributed by atoms with Gasteiger partial charge < -0.3 is 14.3 Å². The van der Waals surface area contributed by atoms with E-state index in [0.29, 0.717) is 36.3 Å². The van der Waals surface area contributed by atoms with Crippen molar-refractivity contribution in [3.05, 3.63) is 71.9 Å². The molecule has 0 saturated heterocycles. The van der Waals surface area contributed by atoms with Crippen molar-refractivity contribution in [2.24, 2.45) is 0 Å². The monoisotopic (exact) mass is 419 g/mol.